The van der Waals surface area contributed by atoms with Gasteiger partial charge in [-0.15, -0.1) is 0 Å². The monoisotopic (exact) mass is 350 g/mol. The number of benzene rings is 2. The number of halogens is 2. The van der Waals surface area contributed by atoms with Crippen molar-refractivity contribution in [2.24, 2.45) is 0 Å². The van der Waals surface area contributed by atoms with Gasteiger partial charge >= 0.3 is 5.76 Å². The third kappa shape index (κ3) is 3.25. The van der Waals surface area contributed by atoms with Crippen LogP contribution in [0, 0.1) is 0 Å². The number of para-hydroxylation sites is 2. The normalized spacial score (nSPS) is 10.9. The first-order valence-corrected chi connectivity index (χ1v) is 7.64. The number of nitrogens with one attached hydrogen (secondary N) is 1. The molecule has 2 aromatic carbocycles. The van der Waals surface area contributed by atoms with E-state index in [4.69, 9.17) is 27.6 Å². The summed E-state index contributed by atoms with van der Waals surface area (Å²) in [5.74, 6) is -0.758. The minimum Gasteiger partial charge on any atom is -0.408 e. The molecule has 0 fully saturated rings. The summed E-state index contributed by atoms with van der Waals surface area (Å²) in [6.07, 6.45) is 0.103. The fourth-order valence-corrected chi connectivity index (χ4v) is 2.60. The van der Waals surface area contributed by atoms with Crippen molar-refractivity contribution < 1.29 is 9.21 Å². The van der Waals surface area contributed by atoms with Crippen LogP contribution in [-0.4, -0.2) is 10.5 Å². The Bertz CT molecular complexity index is 930. The van der Waals surface area contributed by atoms with E-state index in [9.17, 15) is 9.59 Å². The molecule has 1 N–H and O–H groups in total. The quantitative estimate of drug-likeness (QED) is 0.775. The van der Waals surface area contributed by atoms with Crippen LogP contribution in [0.5, 0.6) is 0 Å². The van der Waals surface area contributed by atoms with Crippen molar-refractivity contribution in [3.8, 4) is 0 Å². The molecule has 1 amide bonds. The van der Waals surface area contributed by atoms with Crippen LogP contribution in [0.2, 0.25) is 10.0 Å². The molecule has 0 saturated heterocycles. The Hall–Kier alpha value is -2.24. The molecule has 0 radical (unpaired) electrons. The van der Waals surface area contributed by atoms with Crippen LogP contribution in [0.1, 0.15) is 6.42 Å². The molecule has 0 bridgehead atoms. The summed E-state index contributed by atoms with van der Waals surface area (Å²) in [6, 6.07) is 12.0. The van der Waals surface area contributed by atoms with E-state index < -0.39 is 5.76 Å². The number of hydrogen-bond acceptors (Lipinski definition) is 3. The summed E-state index contributed by atoms with van der Waals surface area (Å²) in [6.45, 7) is 0.208. The maximum atomic E-state index is 12.1. The highest BCUT2D eigenvalue weighted by Crippen LogP contribution is 2.29. The smallest absolute Gasteiger partial charge is 0.408 e. The summed E-state index contributed by atoms with van der Waals surface area (Å²) in [4.78, 5) is 23.9. The summed E-state index contributed by atoms with van der Waals surface area (Å²) in [7, 11) is 0. The molecule has 0 aliphatic rings. The van der Waals surface area contributed by atoms with Crippen LogP contribution in [0.25, 0.3) is 11.1 Å². The number of aromatic nitrogens is 1. The van der Waals surface area contributed by atoms with Gasteiger partial charge in [0, 0.05) is 13.0 Å². The van der Waals surface area contributed by atoms with E-state index in [-0.39, 0.29) is 23.9 Å². The zero-order valence-corrected chi connectivity index (χ0v) is 13.4. The molecule has 0 unspecified atom stereocenters. The second-order valence-electron chi connectivity index (χ2n) is 4.89. The molecule has 118 valence electrons. The highest BCUT2D eigenvalue weighted by Gasteiger charge is 2.12. The number of carbonyl (C=O) groups excluding carboxylic acids is 1. The first-order chi connectivity index (χ1) is 11.1. The molecule has 0 atom stereocenters. The van der Waals surface area contributed by atoms with Gasteiger partial charge in [0.15, 0.2) is 5.58 Å². The van der Waals surface area contributed by atoms with Crippen molar-refractivity contribution in [3.63, 3.8) is 0 Å². The minimum absolute atomic E-state index is 0.103. The van der Waals surface area contributed by atoms with Crippen LogP contribution in [0.15, 0.2) is 51.7 Å². The zero-order chi connectivity index (χ0) is 16.4. The van der Waals surface area contributed by atoms with Gasteiger partial charge in [-0.1, -0.05) is 41.4 Å². The molecule has 0 saturated carbocycles. The van der Waals surface area contributed by atoms with Gasteiger partial charge in [0.05, 0.1) is 21.2 Å². The Kier molecular flexibility index (Phi) is 4.41. The number of hydrogen-bond donors (Lipinski definition) is 1. The van der Waals surface area contributed by atoms with Crippen LogP contribution in [-0.2, 0) is 11.3 Å². The van der Waals surface area contributed by atoms with E-state index >= 15 is 0 Å². The Morgan fingerprint density at radius 3 is 2.74 bits per heavy atom. The highest BCUT2D eigenvalue weighted by molar-refractivity contribution is 6.43. The standard InChI is InChI=1S/C16H12Cl2N2O3/c17-10-4-3-5-11(15(10)18)19-14(21)8-9-20-12-6-1-2-7-13(12)23-16(20)22/h1-7H,8-9H2,(H,19,21). The predicted octanol–water partition coefficient (Wildman–Crippen LogP) is 3.93. The van der Waals surface area contributed by atoms with Crippen molar-refractivity contribution in [2.75, 3.05) is 5.32 Å². The van der Waals surface area contributed by atoms with Crippen molar-refractivity contribution >= 4 is 45.9 Å². The number of amides is 1. The number of carbonyl (C=O) groups is 1. The highest BCUT2D eigenvalue weighted by atomic mass is 35.5. The Morgan fingerprint density at radius 2 is 1.91 bits per heavy atom. The maximum Gasteiger partial charge on any atom is 0.419 e. The minimum atomic E-state index is -0.486. The van der Waals surface area contributed by atoms with E-state index in [2.05, 4.69) is 5.32 Å². The molecular weight excluding hydrogens is 339 g/mol. The first-order valence-electron chi connectivity index (χ1n) is 6.88. The third-order valence-corrected chi connectivity index (χ3v) is 4.18. The van der Waals surface area contributed by atoms with Gasteiger partial charge in [-0.3, -0.25) is 9.36 Å². The van der Waals surface area contributed by atoms with Crippen LogP contribution in [0.3, 0.4) is 0 Å². The molecule has 1 heterocycles. The van der Waals surface area contributed by atoms with Crippen LogP contribution < -0.4 is 11.1 Å². The lowest BCUT2D eigenvalue weighted by Crippen LogP contribution is -2.19. The Morgan fingerprint density at radius 1 is 1.13 bits per heavy atom. The predicted molar refractivity (Wildman–Crippen MR) is 90.2 cm³/mol. The van der Waals surface area contributed by atoms with Crippen molar-refractivity contribution in [2.45, 2.75) is 13.0 Å². The second kappa shape index (κ2) is 6.48. The molecule has 0 aliphatic heterocycles. The Balaban J connectivity index is 1.72. The SMILES string of the molecule is O=C(CCn1c(=O)oc2ccccc21)Nc1cccc(Cl)c1Cl. The molecule has 1 aromatic heterocycles. The van der Waals surface area contributed by atoms with Gasteiger partial charge in [-0.25, -0.2) is 4.79 Å². The van der Waals surface area contributed by atoms with Crippen molar-refractivity contribution in [3.05, 3.63) is 63.1 Å². The lowest BCUT2D eigenvalue weighted by molar-refractivity contribution is -0.116. The average molecular weight is 351 g/mol. The summed E-state index contributed by atoms with van der Waals surface area (Å²) >= 11 is 11.9. The lowest BCUT2D eigenvalue weighted by Gasteiger charge is -2.08. The van der Waals surface area contributed by atoms with Crippen LogP contribution >= 0.6 is 23.2 Å². The fraction of sp³-hybridized carbons (Fsp3) is 0.125. The lowest BCUT2D eigenvalue weighted by atomic mass is 10.3. The summed E-state index contributed by atoms with van der Waals surface area (Å²) < 4.78 is 6.55. The van der Waals surface area contributed by atoms with Gasteiger partial charge < -0.3 is 9.73 Å². The van der Waals surface area contributed by atoms with E-state index in [0.29, 0.717) is 21.8 Å². The first kappa shape index (κ1) is 15.6. The molecule has 3 aromatic rings. The molecule has 0 aliphatic carbocycles. The summed E-state index contributed by atoms with van der Waals surface area (Å²) in [5, 5.41) is 3.33. The molecule has 0 spiro atoms. The number of aryl methyl sites for hydroxylation is 1. The Labute approximate surface area is 141 Å². The number of nitrogens with zero attached hydrogens (tertiary/aromatic N) is 1. The second-order valence-corrected chi connectivity index (χ2v) is 5.67. The number of rotatable bonds is 4. The van der Waals surface area contributed by atoms with Crippen molar-refractivity contribution in [1.82, 2.24) is 4.57 Å². The number of fused-ring (bicyclic) bond motifs is 1. The van der Waals surface area contributed by atoms with Gasteiger partial charge in [0.1, 0.15) is 0 Å². The molecular formula is C16H12Cl2N2O3. The van der Waals surface area contributed by atoms with Gasteiger partial charge in [0.2, 0.25) is 5.91 Å². The van der Waals surface area contributed by atoms with Crippen molar-refractivity contribution in [1.29, 1.82) is 0 Å². The largest absolute Gasteiger partial charge is 0.419 e. The van der Waals surface area contributed by atoms with E-state index in [1.54, 1.807) is 42.5 Å². The van der Waals surface area contributed by atoms with E-state index in [0.717, 1.165) is 0 Å². The molecule has 7 heteroatoms. The van der Waals surface area contributed by atoms with Crippen LogP contribution in [0.4, 0.5) is 5.69 Å². The average Bonchev–Trinajstić information content (AvgIpc) is 2.85. The van der Waals surface area contributed by atoms with E-state index in [1.165, 1.54) is 4.57 Å². The molecule has 5 nitrogen and oxygen atoms in total. The molecule has 23 heavy (non-hydrogen) atoms. The number of anilines is 1. The van der Waals surface area contributed by atoms with E-state index in [1.807, 2.05) is 0 Å². The molecule has 3 rings (SSSR count). The van der Waals surface area contributed by atoms with Gasteiger partial charge in [-0.2, -0.15) is 0 Å². The summed E-state index contributed by atoms with van der Waals surface area (Å²) in [5.41, 5.74) is 1.59. The zero-order valence-electron chi connectivity index (χ0n) is 11.9. The number of oxazole rings is 1. The third-order valence-electron chi connectivity index (χ3n) is 3.36. The fourth-order valence-electron chi connectivity index (χ4n) is 2.25. The van der Waals surface area contributed by atoms with Gasteiger partial charge in [0.25, 0.3) is 0 Å². The topological polar surface area (TPSA) is 64.2 Å². The van der Waals surface area contributed by atoms with Gasteiger partial charge in [-0.05, 0) is 24.3 Å². The maximum absolute atomic E-state index is 12.1.